The van der Waals surface area contributed by atoms with E-state index < -0.39 is 11.7 Å². The van der Waals surface area contributed by atoms with E-state index in [1.807, 2.05) is 0 Å². The zero-order chi connectivity index (χ0) is 15.0. The number of aryl methyl sites for hydroxylation is 1. The number of rotatable bonds is 8. The minimum Gasteiger partial charge on any atom is -0.385 e. The lowest BCUT2D eigenvalue weighted by Gasteiger charge is -2.13. The van der Waals surface area contributed by atoms with Crippen molar-refractivity contribution in [3.8, 4) is 0 Å². The van der Waals surface area contributed by atoms with Gasteiger partial charge in [-0.25, -0.2) is 0 Å². The van der Waals surface area contributed by atoms with E-state index in [0.29, 0.717) is 32.1 Å². The van der Waals surface area contributed by atoms with Gasteiger partial charge in [0.05, 0.1) is 18.8 Å². The van der Waals surface area contributed by atoms with Crippen molar-refractivity contribution in [2.75, 3.05) is 38.8 Å². The second-order valence-electron chi connectivity index (χ2n) is 4.41. The molecule has 0 saturated carbocycles. The van der Waals surface area contributed by atoms with Crippen LogP contribution in [0.5, 0.6) is 0 Å². The molecule has 0 aromatic heterocycles. The van der Waals surface area contributed by atoms with Crippen molar-refractivity contribution in [1.82, 2.24) is 0 Å². The maximum Gasteiger partial charge on any atom is 0.416 e. The molecule has 0 fully saturated rings. The molecule has 0 aliphatic heterocycles. The van der Waals surface area contributed by atoms with Gasteiger partial charge in [0.1, 0.15) is 0 Å². The van der Waals surface area contributed by atoms with Crippen molar-refractivity contribution in [1.29, 1.82) is 0 Å². The van der Waals surface area contributed by atoms with Crippen LogP contribution in [0.4, 0.5) is 18.9 Å². The standard InChI is InChI=1S/C14H20F3NO2/c1-11-4-5-12(14(15,16)17)10-13(11)18-6-3-7-20-9-8-19-2/h4-5,10,18H,3,6-9H2,1-2H3. The molecule has 6 heteroatoms. The average molecular weight is 291 g/mol. The van der Waals surface area contributed by atoms with E-state index in [0.717, 1.165) is 24.1 Å². The molecule has 20 heavy (non-hydrogen) atoms. The topological polar surface area (TPSA) is 30.5 Å². The van der Waals surface area contributed by atoms with E-state index in [1.165, 1.54) is 6.07 Å². The van der Waals surface area contributed by atoms with E-state index >= 15 is 0 Å². The summed E-state index contributed by atoms with van der Waals surface area (Å²) < 4.78 is 47.9. The number of methoxy groups -OCH3 is 1. The van der Waals surface area contributed by atoms with E-state index in [9.17, 15) is 13.2 Å². The Labute approximate surface area is 117 Å². The first-order chi connectivity index (χ1) is 9.45. The predicted molar refractivity (Wildman–Crippen MR) is 72.0 cm³/mol. The lowest BCUT2D eigenvalue weighted by molar-refractivity contribution is -0.137. The molecule has 1 aromatic carbocycles. The highest BCUT2D eigenvalue weighted by Gasteiger charge is 2.30. The Morgan fingerprint density at radius 1 is 1.15 bits per heavy atom. The molecule has 3 nitrogen and oxygen atoms in total. The molecule has 0 spiro atoms. The molecule has 0 heterocycles. The second kappa shape index (κ2) is 8.11. The summed E-state index contributed by atoms with van der Waals surface area (Å²) in [5.74, 6) is 0. The van der Waals surface area contributed by atoms with Crippen LogP contribution in [0.15, 0.2) is 18.2 Å². The van der Waals surface area contributed by atoms with Crippen molar-refractivity contribution in [3.05, 3.63) is 29.3 Å². The highest BCUT2D eigenvalue weighted by atomic mass is 19.4. The number of halogens is 3. The van der Waals surface area contributed by atoms with Crippen LogP contribution < -0.4 is 5.32 Å². The van der Waals surface area contributed by atoms with Gasteiger partial charge in [0, 0.05) is 25.9 Å². The molecule has 0 radical (unpaired) electrons. The third-order valence-electron chi connectivity index (χ3n) is 2.78. The molecular weight excluding hydrogens is 271 g/mol. The SMILES string of the molecule is COCCOCCCNc1cc(C(F)(F)F)ccc1C. The van der Waals surface area contributed by atoms with E-state index in [4.69, 9.17) is 9.47 Å². The van der Waals surface area contributed by atoms with Crippen LogP contribution in [-0.2, 0) is 15.7 Å². The molecule has 0 aliphatic rings. The smallest absolute Gasteiger partial charge is 0.385 e. The molecule has 0 atom stereocenters. The first kappa shape index (κ1) is 16.8. The van der Waals surface area contributed by atoms with Gasteiger partial charge in [-0.05, 0) is 31.0 Å². The fourth-order valence-corrected chi connectivity index (χ4v) is 1.63. The van der Waals surface area contributed by atoms with Gasteiger partial charge >= 0.3 is 6.18 Å². The van der Waals surface area contributed by atoms with Gasteiger partial charge in [0.2, 0.25) is 0 Å². The highest BCUT2D eigenvalue weighted by molar-refractivity contribution is 5.53. The summed E-state index contributed by atoms with van der Waals surface area (Å²) in [4.78, 5) is 0. The van der Waals surface area contributed by atoms with Gasteiger partial charge < -0.3 is 14.8 Å². The molecule has 0 bridgehead atoms. The van der Waals surface area contributed by atoms with Gasteiger partial charge in [-0.15, -0.1) is 0 Å². The predicted octanol–water partition coefficient (Wildman–Crippen LogP) is 3.48. The van der Waals surface area contributed by atoms with Crippen molar-refractivity contribution in [2.24, 2.45) is 0 Å². The van der Waals surface area contributed by atoms with Gasteiger partial charge in [-0.1, -0.05) is 6.07 Å². The third kappa shape index (κ3) is 5.79. The molecule has 114 valence electrons. The van der Waals surface area contributed by atoms with Crippen molar-refractivity contribution >= 4 is 5.69 Å². The quantitative estimate of drug-likeness (QED) is 0.744. The normalized spacial score (nSPS) is 11.7. The number of benzene rings is 1. The van der Waals surface area contributed by atoms with Crippen LogP contribution >= 0.6 is 0 Å². The van der Waals surface area contributed by atoms with Crippen molar-refractivity contribution in [3.63, 3.8) is 0 Å². The Kier molecular flexibility index (Phi) is 6.81. The Hall–Kier alpha value is -1.27. The summed E-state index contributed by atoms with van der Waals surface area (Å²) in [5, 5.41) is 3.01. The molecule has 1 rings (SSSR count). The number of nitrogens with one attached hydrogen (secondary N) is 1. The number of hydrogen-bond donors (Lipinski definition) is 1. The summed E-state index contributed by atoms with van der Waals surface area (Å²) in [6.07, 6.45) is -3.59. The summed E-state index contributed by atoms with van der Waals surface area (Å²) in [6, 6.07) is 3.70. The third-order valence-corrected chi connectivity index (χ3v) is 2.78. The summed E-state index contributed by atoms with van der Waals surface area (Å²) in [5.41, 5.74) is 0.664. The number of hydrogen-bond acceptors (Lipinski definition) is 3. The van der Waals surface area contributed by atoms with E-state index in [-0.39, 0.29) is 0 Å². The number of alkyl halides is 3. The molecule has 0 amide bonds. The zero-order valence-electron chi connectivity index (χ0n) is 11.7. The first-order valence-corrected chi connectivity index (χ1v) is 6.43. The fraction of sp³-hybridized carbons (Fsp3) is 0.571. The maximum absolute atomic E-state index is 12.6. The first-order valence-electron chi connectivity index (χ1n) is 6.43. The fourth-order valence-electron chi connectivity index (χ4n) is 1.63. The molecule has 1 aromatic rings. The zero-order valence-corrected chi connectivity index (χ0v) is 11.7. The number of anilines is 1. The Morgan fingerprint density at radius 2 is 1.90 bits per heavy atom. The number of ether oxygens (including phenoxy) is 2. The van der Waals surface area contributed by atoms with Gasteiger partial charge in [0.25, 0.3) is 0 Å². The molecular formula is C14H20F3NO2. The second-order valence-corrected chi connectivity index (χ2v) is 4.41. The molecule has 0 unspecified atom stereocenters. The highest BCUT2D eigenvalue weighted by Crippen LogP contribution is 2.31. The van der Waals surface area contributed by atoms with Gasteiger partial charge in [-0.2, -0.15) is 13.2 Å². The molecule has 0 aliphatic carbocycles. The Bertz CT molecular complexity index is 408. The van der Waals surface area contributed by atoms with Crippen LogP contribution in [0.1, 0.15) is 17.5 Å². The average Bonchev–Trinajstić information content (AvgIpc) is 2.38. The van der Waals surface area contributed by atoms with Gasteiger partial charge in [-0.3, -0.25) is 0 Å². The molecule has 1 N–H and O–H groups in total. The molecule has 0 saturated heterocycles. The van der Waals surface area contributed by atoms with E-state index in [2.05, 4.69) is 5.32 Å². The van der Waals surface area contributed by atoms with E-state index in [1.54, 1.807) is 14.0 Å². The van der Waals surface area contributed by atoms with Crippen LogP contribution in [-0.4, -0.2) is 33.5 Å². The Balaban J connectivity index is 2.40. The van der Waals surface area contributed by atoms with Crippen LogP contribution in [0.25, 0.3) is 0 Å². The minimum atomic E-state index is -4.31. The van der Waals surface area contributed by atoms with Crippen LogP contribution in [0, 0.1) is 6.92 Å². The van der Waals surface area contributed by atoms with Crippen molar-refractivity contribution < 1.29 is 22.6 Å². The lowest BCUT2D eigenvalue weighted by atomic mass is 10.1. The maximum atomic E-state index is 12.6. The lowest BCUT2D eigenvalue weighted by Crippen LogP contribution is -2.10. The van der Waals surface area contributed by atoms with Crippen molar-refractivity contribution in [2.45, 2.75) is 19.5 Å². The monoisotopic (exact) mass is 291 g/mol. The van der Waals surface area contributed by atoms with Crippen LogP contribution in [0.2, 0.25) is 0 Å². The van der Waals surface area contributed by atoms with Crippen LogP contribution in [0.3, 0.4) is 0 Å². The minimum absolute atomic E-state index is 0.511. The Morgan fingerprint density at radius 3 is 2.55 bits per heavy atom. The summed E-state index contributed by atoms with van der Waals surface area (Å²) >= 11 is 0. The summed E-state index contributed by atoms with van der Waals surface area (Å²) in [7, 11) is 1.60. The largest absolute Gasteiger partial charge is 0.416 e. The van der Waals surface area contributed by atoms with Gasteiger partial charge in [0.15, 0.2) is 0 Å². The summed E-state index contributed by atoms with van der Waals surface area (Å²) in [6.45, 7) is 3.96.